The monoisotopic (exact) mass is 423 g/mol. The molecule has 9 heteroatoms. The van der Waals surface area contributed by atoms with Crippen molar-refractivity contribution in [2.45, 2.75) is 6.18 Å². The predicted molar refractivity (Wildman–Crippen MR) is 106 cm³/mol. The third kappa shape index (κ3) is 4.63. The summed E-state index contributed by atoms with van der Waals surface area (Å²) in [5.74, 6) is 0.324. The van der Waals surface area contributed by atoms with Gasteiger partial charge in [0, 0.05) is 17.5 Å². The molecule has 0 spiro atoms. The number of pyridine rings is 1. The van der Waals surface area contributed by atoms with Gasteiger partial charge >= 0.3 is 6.18 Å². The van der Waals surface area contributed by atoms with Crippen molar-refractivity contribution in [1.82, 2.24) is 10.3 Å². The number of benzene rings is 1. The zero-order valence-corrected chi connectivity index (χ0v) is 15.8. The highest BCUT2D eigenvalue weighted by Gasteiger charge is 2.31. The Bertz CT molecular complexity index is 985. The number of hydrogen-bond donors (Lipinski definition) is 1. The number of nitrogens with zero attached hydrogens (tertiary/aromatic N) is 2. The van der Waals surface area contributed by atoms with E-state index < -0.39 is 11.7 Å². The van der Waals surface area contributed by atoms with E-state index in [9.17, 15) is 18.0 Å². The number of carbonyl (C=O) groups excluding carboxylic acids is 1. The van der Waals surface area contributed by atoms with Crippen LogP contribution < -0.4 is 5.32 Å². The third-order valence-electron chi connectivity index (χ3n) is 3.67. The second kappa shape index (κ2) is 8.20. The maximum absolute atomic E-state index is 12.7. The molecule has 0 unspecified atom stereocenters. The van der Waals surface area contributed by atoms with Crippen molar-refractivity contribution in [3.63, 3.8) is 0 Å². The van der Waals surface area contributed by atoms with Crippen LogP contribution in [-0.2, 0) is 11.0 Å². The third-order valence-corrected chi connectivity index (χ3v) is 4.83. The van der Waals surface area contributed by atoms with Gasteiger partial charge in [-0.2, -0.15) is 13.2 Å². The number of aliphatic imine (C=N–C) groups is 1. The second-order valence-corrected chi connectivity index (χ2v) is 7.09. The first-order valence-electron chi connectivity index (χ1n) is 7.96. The molecule has 4 nitrogen and oxygen atoms in total. The van der Waals surface area contributed by atoms with E-state index >= 15 is 0 Å². The quantitative estimate of drug-likeness (QED) is 0.545. The van der Waals surface area contributed by atoms with Crippen LogP contribution in [0.15, 0.2) is 59.9 Å². The second-order valence-electron chi connectivity index (χ2n) is 5.67. The Kier molecular flexibility index (Phi) is 5.90. The maximum atomic E-state index is 12.7. The highest BCUT2D eigenvalue weighted by atomic mass is 35.5. The first-order chi connectivity index (χ1) is 13.3. The Morgan fingerprint density at radius 2 is 1.96 bits per heavy atom. The van der Waals surface area contributed by atoms with Crippen LogP contribution >= 0.6 is 23.4 Å². The lowest BCUT2D eigenvalue weighted by molar-refractivity contribution is -0.137. The summed E-state index contributed by atoms with van der Waals surface area (Å²) in [6.45, 7) is 3.61. The van der Waals surface area contributed by atoms with Gasteiger partial charge in [-0.05, 0) is 17.7 Å². The predicted octanol–water partition coefficient (Wildman–Crippen LogP) is 5.17. The number of hydrogen-bond acceptors (Lipinski definition) is 4. The van der Waals surface area contributed by atoms with Gasteiger partial charge in [0.2, 0.25) is 0 Å². The van der Waals surface area contributed by atoms with Gasteiger partial charge in [0.25, 0.3) is 5.91 Å². The molecule has 0 aliphatic carbocycles. The summed E-state index contributed by atoms with van der Waals surface area (Å²) in [5, 5.41) is 3.07. The lowest BCUT2D eigenvalue weighted by Crippen LogP contribution is -2.21. The molecule has 0 fully saturated rings. The van der Waals surface area contributed by atoms with Crippen molar-refractivity contribution in [3.8, 4) is 11.3 Å². The molecule has 1 N–H and O–H groups in total. The molecule has 0 saturated heterocycles. The first kappa shape index (κ1) is 20.2. The van der Waals surface area contributed by atoms with Crippen molar-refractivity contribution in [3.05, 3.63) is 71.0 Å². The molecule has 3 rings (SSSR count). The van der Waals surface area contributed by atoms with Crippen LogP contribution in [-0.4, -0.2) is 21.8 Å². The SMILES string of the molecule is C=CCSC1=N/C(=C/c2ccc(-c3ncc(C(F)(F)F)cc3Cl)cc2)C(=O)N1. The van der Waals surface area contributed by atoms with Gasteiger partial charge in [0.15, 0.2) is 5.17 Å². The summed E-state index contributed by atoms with van der Waals surface area (Å²) in [5.41, 5.74) is 0.870. The maximum Gasteiger partial charge on any atom is 0.417 e. The molecule has 2 heterocycles. The molecule has 1 aliphatic rings. The normalized spacial score (nSPS) is 15.5. The van der Waals surface area contributed by atoms with Gasteiger partial charge in [-0.15, -0.1) is 6.58 Å². The lowest BCUT2D eigenvalue weighted by atomic mass is 10.1. The number of alkyl halides is 3. The van der Waals surface area contributed by atoms with Gasteiger partial charge in [-0.25, -0.2) is 4.99 Å². The van der Waals surface area contributed by atoms with Gasteiger partial charge in [0.1, 0.15) is 5.70 Å². The molecule has 144 valence electrons. The van der Waals surface area contributed by atoms with Crippen LogP contribution in [0.2, 0.25) is 5.02 Å². The first-order valence-corrected chi connectivity index (χ1v) is 9.33. The number of thioether (sulfide) groups is 1. The van der Waals surface area contributed by atoms with Crippen molar-refractivity contribution in [2.24, 2.45) is 4.99 Å². The van der Waals surface area contributed by atoms with E-state index in [-0.39, 0.29) is 22.3 Å². The number of halogens is 4. The van der Waals surface area contributed by atoms with E-state index in [1.54, 1.807) is 36.4 Å². The fourth-order valence-corrected chi connectivity index (χ4v) is 3.23. The number of amides is 1. The molecule has 1 aliphatic heterocycles. The summed E-state index contributed by atoms with van der Waals surface area (Å²) < 4.78 is 38.2. The van der Waals surface area contributed by atoms with E-state index in [1.165, 1.54) is 11.8 Å². The number of amidine groups is 1. The number of nitrogens with one attached hydrogen (secondary N) is 1. The van der Waals surface area contributed by atoms with Crippen molar-refractivity contribution >= 4 is 40.5 Å². The number of aromatic nitrogens is 1. The molecule has 1 aromatic carbocycles. The molecule has 28 heavy (non-hydrogen) atoms. The largest absolute Gasteiger partial charge is 0.417 e. The van der Waals surface area contributed by atoms with E-state index in [0.717, 1.165) is 12.3 Å². The summed E-state index contributed by atoms with van der Waals surface area (Å²) in [6.07, 6.45) is -0.434. The molecule has 0 atom stereocenters. The van der Waals surface area contributed by atoms with Crippen molar-refractivity contribution in [1.29, 1.82) is 0 Å². The molecule has 1 amide bonds. The van der Waals surface area contributed by atoms with Gasteiger partial charge in [0.05, 0.1) is 16.3 Å². The summed E-state index contributed by atoms with van der Waals surface area (Å²) >= 11 is 7.33. The van der Waals surface area contributed by atoms with Crippen LogP contribution in [0.5, 0.6) is 0 Å². The minimum absolute atomic E-state index is 0.0930. The molecule has 0 radical (unpaired) electrons. The average molecular weight is 424 g/mol. The molecular formula is C19H13ClF3N3OS. The van der Waals surface area contributed by atoms with E-state index in [0.29, 0.717) is 22.0 Å². The van der Waals surface area contributed by atoms with Crippen LogP contribution in [0.25, 0.3) is 17.3 Å². The zero-order valence-electron chi connectivity index (χ0n) is 14.3. The standard InChI is InChI=1S/C19H13ClF3N3OS/c1-2-7-28-18-25-15(17(27)26-18)8-11-3-5-12(6-4-11)16-14(20)9-13(10-24-16)19(21,22)23/h2-6,8-10H,1,7H2,(H,25,26,27)/b15-8+. The van der Waals surface area contributed by atoms with Gasteiger partial charge in [-0.3, -0.25) is 15.1 Å². The van der Waals surface area contributed by atoms with Crippen molar-refractivity contribution in [2.75, 3.05) is 5.75 Å². The van der Waals surface area contributed by atoms with E-state index in [1.807, 2.05) is 0 Å². The Balaban J connectivity index is 1.82. The highest BCUT2D eigenvalue weighted by Crippen LogP contribution is 2.34. The van der Waals surface area contributed by atoms with Gasteiger partial charge in [-0.1, -0.05) is 53.7 Å². The molecular weight excluding hydrogens is 411 g/mol. The molecule has 2 aromatic rings. The van der Waals surface area contributed by atoms with E-state index in [4.69, 9.17) is 11.6 Å². The average Bonchev–Trinajstić information content (AvgIpc) is 2.99. The highest BCUT2D eigenvalue weighted by molar-refractivity contribution is 8.14. The fraction of sp³-hybridized carbons (Fsp3) is 0.105. The molecule has 1 aromatic heterocycles. The Morgan fingerprint density at radius 1 is 1.25 bits per heavy atom. The van der Waals surface area contributed by atoms with E-state index in [2.05, 4.69) is 21.9 Å². The minimum Gasteiger partial charge on any atom is -0.300 e. The Morgan fingerprint density at radius 3 is 2.57 bits per heavy atom. The van der Waals surface area contributed by atoms with Gasteiger partial charge < -0.3 is 0 Å². The summed E-state index contributed by atoms with van der Waals surface area (Å²) in [4.78, 5) is 20.0. The summed E-state index contributed by atoms with van der Waals surface area (Å²) in [6, 6.07) is 7.58. The summed E-state index contributed by atoms with van der Waals surface area (Å²) in [7, 11) is 0. The van der Waals surface area contributed by atoms with Crippen molar-refractivity contribution < 1.29 is 18.0 Å². The van der Waals surface area contributed by atoms with Crippen LogP contribution in [0.3, 0.4) is 0 Å². The fourth-order valence-electron chi connectivity index (χ4n) is 2.35. The Hall–Kier alpha value is -2.58. The number of carbonyl (C=O) groups is 1. The van der Waals surface area contributed by atoms with Crippen LogP contribution in [0, 0.1) is 0 Å². The molecule has 0 bridgehead atoms. The lowest BCUT2D eigenvalue weighted by Gasteiger charge is -2.09. The van der Waals surface area contributed by atoms with Crippen LogP contribution in [0.1, 0.15) is 11.1 Å². The topological polar surface area (TPSA) is 54.4 Å². The minimum atomic E-state index is -4.50. The number of rotatable bonds is 4. The van der Waals surface area contributed by atoms with Crippen LogP contribution in [0.4, 0.5) is 13.2 Å². The Labute approximate surface area is 168 Å². The molecule has 0 saturated carbocycles. The zero-order chi connectivity index (χ0) is 20.3. The smallest absolute Gasteiger partial charge is 0.300 e.